The van der Waals surface area contributed by atoms with E-state index in [0.29, 0.717) is 0 Å². The highest BCUT2D eigenvalue weighted by Crippen LogP contribution is 2.62. The fourth-order valence-electron chi connectivity index (χ4n) is 8.96. The molecule has 0 bridgehead atoms. The Kier molecular flexibility index (Phi) is 6.47. The molecule has 5 heteroatoms. The fourth-order valence-corrected chi connectivity index (χ4v) is 10.5. The number of hydrogen-bond acceptors (Lipinski definition) is 4. The Hall–Kier alpha value is -5.91. The second kappa shape index (κ2) is 11.3. The number of thioether (sulfide) groups is 1. The first-order valence-electron chi connectivity index (χ1n) is 18.0. The molecule has 0 saturated carbocycles. The summed E-state index contributed by atoms with van der Waals surface area (Å²) in [5, 5.41) is 2.92. The third-order valence-corrected chi connectivity index (χ3v) is 12.9. The minimum Gasteiger partial charge on any atom is -0.309 e. The van der Waals surface area contributed by atoms with Crippen molar-refractivity contribution in [1.29, 1.82) is 0 Å². The molecule has 248 valence electrons. The molecule has 0 fully saturated rings. The molecule has 4 heterocycles. The molecule has 3 aliphatic rings. The highest BCUT2D eigenvalue weighted by atomic mass is 32.2. The molecule has 4 nitrogen and oxygen atoms in total. The minimum atomic E-state index is -0.0303. The van der Waals surface area contributed by atoms with Gasteiger partial charge in [0.1, 0.15) is 5.82 Å². The number of nitrogens with zero attached hydrogens (tertiary/aromatic N) is 4. The van der Waals surface area contributed by atoms with Crippen molar-refractivity contribution in [2.45, 2.75) is 34.8 Å². The van der Waals surface area contributed by atoms with E-state index in [4.69, 9.17) is 9.97 Å². The molecule has 0 radical (unpaired) electrons. The number of rotatable bonds is 4. The van der Waals surface area contributed by atoms with Crippen LogP contribution in [0.5, 0.6) is 0 Å². The maximum absolute atomic E-state index is 5.31. The Bertz CT molecular complexity index is 2660. The summed E-state index contributed by atoms with van der Waals surface area (Å²) >= 11 is 2.02. The summed E-state index contributed by atoms with van der Waals surface area (Å²) in [4.78, 5) is 14.2. The molecule has 11 rings (SSSR count). The summed E-state index contributed by atoms with van der Waals surface area (Å²) in [6, 6.07) is 56.6. The Morgan fingerprint density at radius 1 is 0.654 bits per heavy atom. The molecule has 0 amide bonds. The molecule has 3 atom stereocenters. The predicted octanol–water partition coefficient (Wildman–Crippen LogP) is 11.9. The van der Waals surface area contributed by atoms with Crippen LogP contribution in [-0.4, -0.2) is 19.8 Å². The van der Waals surface area contributed by atoms with E-state index < -0.39 is 0 Å². The van der Waals surface area contributed by atoms with Crippen molar-refractivity contribution in [2.75, 3.05) is 4.90 Å². The van der Waals surface area contributed by atoms with E-state index >= 15 is 0 Å². The van der Waals surface area contributed by atoms with Crippen LogP contribution in [0.15, 0.2) is 174 Å². The van der Waals surface area contributed by atoms with Crippen molar-refractivity contribution in [3.05, 3.63) is 181 Å². The Morgan fingerprint density at radius 2 is 1.35 bits per heavy atom. The molecule has 0 spiro atoms. The third-order valence-electron chi connectivity index (χ3n) is 11.4. The monoisotopic (exact) mass is 686 g/mol. The van der Waals surface area contributed by atoms with Crippen molar-refractivity contribution in [3.8, 4) is 28.3 Å². The number of para-hydroxylation sites is 3. The molecule has 2 aromatic heterocycles. The zero-order valence-electron chi connectivity index (χ0n) is 28.6. The van der Waals surface area contributed by atoms with Gasteiger partial charge in [-0.25, -0.2) is 9.97 Å². The smallest absolute Gasteiger partial charge is 0.162 e. The first-order chi connectivity index (χ1) is 25.6. The van der Waals surface area contributed by atoms with Crippen molar-refractivity contribution >= 4 is 45.1 Å². The van der Waals surface area contributed by atoms with Crippen molar-refractivity contribution in [3.63, 3.8) is 0 Å². The Labute approximate surface area is 307 Å². The zero-order chi connectivity index (χ0) is 34.4. The van der Waals surface area contributed by atoms with Gasteiger partial charge in [-0.15, -0.1) is 11.8 Å². The first-order valence-corrected chi connectivity index (χ1v) is 18.9. The van der Waals surface area contributed by atoms with E-state index in [1.807, 2.05) is 17.8 Å². The molecule has 6 aromatic carbocycles. The molecule has 2 aliphatic heterocycles. The number of aromatic nitrogens is 3. The molecule has 52 heavy (non-hydrogen) atoms. The van der Waals surface area contributed by atoms with Crippen LogP contribution in [0.25, 0.3) is 50.1 Å². The molecule has 0 N–H and O–H groups in total. The van der Waals surface area contributed by atoms with Gasteiger partial charge in [0.05, 0.1) is 22.4 Å². The summed E-state index contributed by atoms with van der Waals surface area (Å²) in [5.74, 6) is 1.90. The van der Waals surface area contributed by atoms with Gasteiger partial charge in [-0.2, -0.15) is 0 Å². The van der Waals surface area contributed by atoms with Crippen LogP contribution < -0.4 is 4.90 Å². The molecule has 3 unspecified atom stereocenters. The van der Waals surface area contributed by atoms with Crippen LogP contribution in [-0.2, 0) is 5.41 Å². The van der Waals surface area contributed by atoms with Gasteiger partial charge in [0, 0.05) is 60.8 Å². The van der Waals surface area contributed by atoms with Gasteiger partial charge in [-0.05, 0) is 60.0 Å². The standard InChI is InChI=1S/C47H34N4S/c1-47-29-36-34-22-12-14-24-40(34)51(45-26-38(30-15-5-2-6-16-30)48-46(49-45)31-17-7-3-8-18-31)42(36)28-44(47)52-43-27-41-35(25-37(43)47)33-21-11-13-23-39(33)50(41)32-19-9-4-10-20-32/h2-28,36,44H,29H2,1H3. The topological polar surface area (TPSA) is 34.0 Å². The van der Waals surface area contributed by atoms with E-state index in [9.17, 15) is 0 Å². The van der Waals surface area contributed by atoms with E-state index in [2.05, 4.69) is 174 Å². The molecule has 8 aromatic rings. The highest BCUT2D eigenvalue weighted by molar-refractivity contribution is 8.00. The summed E-state index contributed by atoms with van der Waals surface area (Å²) in [7, 11) is 0. The second-order valence-electron chi connectivity index (χ2n) is 14.4. The molecular formula is C47H34N4S. The van der Waals surface area contributed by atoms with Crippen LogP contribution >= 0.6 is 11.8 Å². The van der Waals surface area contributed by atoms with Gasteiger partial charge in [-0.3, -0.25) is 4.90 Å². The van der Waals surface area contributed by atoms with E-state index in [0.717, 1.165) is 34.9 Å². The summed E-state index contributed by atoms with van der Waals surface area (Å²) in [5.41, 5.74) is 12.1. The lowest BCUT2D eigenvalue weighted by Gasteiger charge is -2.39. The number of allylic oxidation sites excluding steroid dienone is 1. The van der Waals surface area contributed by atoms with E-state index in [1.165, 1.54) is 54.9 Å². The van der Waals surface area contributed by atoms with Crippen LogP contribution in [0.1, 0.15) is 30.4 Å². The van der Waals surface area contributed by atoms with Crippen molar-refractivity contribution in [1.82, 2.24) is 14.5 Å². The first kappa shape index (κ1) is 29.8. The number of anilines is 2. The molecule has 1 aliphatic carbocycles. The zero-order valence-corrected chi connectivity index (χ0v) is 29.5. The van der Waals surface area contributed by atoms with Crippen LogP contribution in [0.4, 0.5) is 11.5 Å². The molecule has 0 saturated heterocycles. The normalized spacial score (nSPS) is 20.0. The maximum Gasteiger partial charge on any atom is 0.162 e. The maximum atomic E-state index is 5.31. The highest BCUT2D eigenvalue weighted by Gasteiger charge is 2.52. The van der Waals surface area contributed by atoms with Gasteiger partial charge < -0.3 is 4.57 Å². The Balaban J connectivity index is 1.08. The quantitative estimate of drug-likeness (QED) is 0.185. The number of benzene rings is 6. The van der Waals surface area contributed by atoms with Crippen LogP contribution in [0.3, 0.4) is 0 Å². The fraction of sp³-hybridized carbons (Fsp3) is 0.106. The van der Waals surface area contributed by atoms with Gasteiger partial charge in [0.2, 0.25) is 0 Å². The van der Waals surface area contributed by atoms with Gasteiger partial charge in [0.15, 0.2) is 5.82 Å². The van der Waals surface area contributed by atoms with Crippen LogP contribution in [0.2, 0.25) is 0 Å². The second-order valence-corrected chi connectivity index (χ2v) is 15.6. The SMILES string of the molecule is CC12CC3C(=CC1Sc1cc4c(cc12)c1ccccc1n4-c1ccccc1)N(c1cc(-c2ccccc2)nc(-c2ccccc2)n1)c1ccccc13. The van der Waals surface area contributed by atoms with Gasteiger partial charge >= 0.3 is 0 Å². The summed E-state index contributed by atoms with van der Waals surface area (Å²) in [6.07, 6.45) is 3.60. The van der Waals surface area contributed by atoms with Crippen LogP contribution in [0, 0.1) is 0 Å². The van der Waals surface area contributed by atoms with Gasteiger partial charge in [0.25, 0.3) is 0 Å². The predicted molar refractivity (Wildman–Crippen MR) is 215 cm³/mol. The van der Waals surface area contributed by atoms with E-state index in [-0.39, 0.29) is 16.6 Å². The lowest BCUT2D eigenvalue weighted by atomic mass is 9.68. The summed E-state index contributed by atoms with van der Waals surface area (Å²) in [6.45, 7) is 2.50. The van der Waals surface area contributed by atoms with Gasteiger partial charge in [-0.1, -0.05) is 122 Å². The Morgan fingerprint density at radius 3 is 2.15 bits per heavy atom. The summed E-state index contributed by atoms with van der Waals surface area (Å²) < 4.78 is 2.44. The van der Waals surface area contributed by atoms with Crippen molar-refractivity contribution in [2.24, 2.45) is 0 Å². The number of hydrogen-bond donors (Lipinski definition) is 0. The van der Waals surface area contributed by atoms with E-state index in [1.54, 1.807) is 0 Å². The number of fused-ring (bicyclic) bond motifs is 9. The molecular weight excluding hydrogens is 653 g/mol. The lowest BCUT2D eigenvalue weighted by Crippen LogP contribution is -2.36. The largest absolute Gasteiger partial charge is 0.309 e. The van der Waals surface area contributed by atoms with Crippen molar-refractivity contribution < 1.29 is 0 Å². The average Bonchev–Trinajstić information content (AvgIpc) is 3.80. The third kappa shape index (κ3) is 4.36. The lowest BCUT2D eigenvalue weighted by molar-refractivity contribution is 0.408. The average molecular weight is 687 g/mol. The minimum absolute atomic E-state index is 0.0303.